The molecule has 0 bridgehead atoms. The number of carbonyl (C=O) groups excluding carboxylic acids is 1. The Morgan fingerprint density at radius 1 is 1.23 bits per heavy atom. The van der Waals surface area contributed by atoms with Crippen molar-refractivity contribution in [2.24, 2.45) is 0 Å². The topological polar surface area (TPSA) is 51.2 Å². The molecule has 0 aliphatic heterocycles. The molecular formula is C20H19FN2O2S. The molecule has 134 valence electrons. The van der Waals surface area contributed by atoms with Gasteiger partial charge in [0.15, 0.2) is 0 Å². The summed E-state index contributed by atoms with van der Waals surface area (Å²) in [7, 11) is 1.50. The zero-order chi connectivity index (χ0) is 18.7. The van der Waals surface area contributed by atoms with Crippen molar-refractivity contribution in [1.29, 1.82) is 0 Å². The smallest absolute Gasteiger partial charge is 0.217 e. The summed E-state index contributed by atoms with van der Waals surface area (Å²) in [5.74, 6) is -0.0938. The number of hydrogen-bond donors (Lipinski definition) is 1. The average Bonchev–Trinajstić information content (AvgIpc) is 3.12. The Labute approximate surface area is 155 Å². The summed E-state index contributed by atoms with van der Waals surface area (Å²) in [5, 5.41) is 5.63. The molecule has 1 unspecified atom stereocenters. The van der Waals surface area contributed by atoms with Crippen LogP contribution in [0.25, 0.3) is 11.3 Å². The first-order valence-corrected chi connectivity index (χ1v) is 8.96. The molecule has 6 heteroatoms. The molecule has 0 aliphatic rings. The first kappa shape index (κ1) is 18.1. The van der Waals surface area contributed by atoms with Crippen LogP contribution in [0.5, 0.6) is 5.75 Å². The van der Waals surface area contributed by atoms with Gasteiger partial charge in [-0.2, -0.15) is 0 Å². The van der Waals surface area contributed by atoms with Crippen molar-refractivity contribution in [2.45, 2.75) is 19.4 Å². The van der Waals surface area contributed by atoms with Crippen molar-refractivity contribution in [2.75, 3.05) is 7.11 Å². The lowest BCUT2D eigenvalue weighted by atomic mass is 9.92. The molecule has 3 aromatic rings. The van der Waals surface area contributed by atoms with Gasteiger partial charge in [-0.05, 0) is 24.6 Å². The predicted octanol–water partition coefficient (Wildman–Crippen LogP) is 4.36. The maximum Gasteiger partial charge on any atom is 0.217 e. The number of hydrogen-bond acceptors (Lipinski definition) is 4. The number of aromatic nitrogens is 1. The zero-order valence-corrected chi connectivity index (χ0v) is 15.6. The van der Waals surface area contributed by atoms with Gasteiger partial charge in [0.05, 0.1) is 12.8 Å². The molecule has 0 radical (unpaired) electrons. The molecule has 26 heavy (non-hydrogen) atoms. The Kier molecular flexibility index (Phi) is 5.04. The number of nitrogens with one attached hydrogen (secondary N) is 1. The van der Waals surface area contributed by atoms with E-state index >= 15 is 0 Å². The molecule has 2 aromatic carbocycles. The first-order chi connectivity index (χ1) is 12.4. The third-order valence-electron chi connectivity index (χ3n) is 4.15. The standard InChI is InChI=1S/C20H19FN2O2S/c1-13(24)23-20(2,14-7-5-4-6-8-14)19-22-17(12-26-19)16-10-9-15(21)11-18(16)25-3/h4-12H,1-3H3,(H,23,24). The highest BCUT2D eigenvalue weighted by Crippen LogP contribution is 2.36. The van der Waals surface area contributed by atoms with Gasteiger partial charge >= 0.3 is 0 Å². The van der Waals surface area contributed by atoms with Gasteiger partial charge in [-0.1, -0.05) is 30.3 Å². The quantitative estimate of drug-likeness (QED) is 0.726. The van der Waals surface area contributed by atoms with E-state index < -0.39 is 5.54 Å². The molecular weight excluding hydrogens is 351 g/mol. The van der Waals surface area contributed by atoms with Crippen LogP contribution in [0.4, 0.5) is 4.39 Å². The second-order valence-electron chi connectivity index (χ2n) is 6.05. The number of rotatable bonds is 5. The fourth-order valence-electron chi connectivity index (χ4n) is 2.88. The van der Waals surface area contributed by atoms with Gasteiger partial charge < -0.3 is 10.1 Å². The molecule has 1 heterocycles. The number of benzene rings is 2. The lowest BCUT2D eigenvalue weighted by Gasteiger charge is -2.29. The molecule has 1 N–H and O–H groups in total. The summed E-state index contributed by atoms with van der Waals surface area (Å²) in [6, 6.07) is 14.0. The Balaban J connectivity index is 2.07. The van der Waals surface area contributed by atoms with Gasteiger partial charge in [0.25, 0.3) is 0 Å². The number of nitrogens with zero attached hydrogens (tertiary/aromatic N) is 1. The highest BCUT2D eigenvalue weighted by atomic mass is 32.1. The largest absolute Gasteiger partial charge is 0.496 e. The van der Waals surface area contributed by atoms with Crippen molar-refractivity contribution < 1.29 is 13.9 Å². The third kappa shape index (κ3) is 3.46. The number of ether oxygens (including phenoxy) is 1. The molecule has 0 fully saturated rings. The summed E-state index contributed by atoms with van der Waals surface area (Å²) in [6.45, 7) is 3.41. The molecule has 0 aliphatic carbocycles. The number of halogens is 1. The van der Waals surface area contributed by atoms with E-state index in [1.165, 1.54) is 37.5 Å². The minimum absolute atomic E-state index is 0.146. The minimum Gasteiger partial charge on any atom is -0.496 e. The van der Waals surface area contributed by atoms with E-state index in [-0.39, 0.29) is 11.7 Å². The van der Waals surface area contributed by atoms with Gasteiger partial charge in [0.1, 0.15) is 22.1 Å². The van der Waals surface area contributed by atoms with Gasteiger partial charge in [0.2, 0.25) is 5.91 Å². The van der Waals surface area contributed by atoms with Gasteiger partial charge in [0, 0.05) is 23.9 Å². The van der Waals surface area contributed by atoms with E-state index in [0.717, 1.165) is 10.6 Å². The highest BCUT2D eigenvalue weighted by Gasteiger charge is 2.33. The van der Waals surface area contributed by atoms with Gasteiger partial charge in [-0.15, -0.1) is 11.3 Å². The van der Waals surface area contributed by atoms with Crippen molar-refractivity contribution >= 4 is 17.2 Å². The molecule has 4 nitrogen and oxygen atoms in total. The van der Waals surface area contributed by atoms with Crippen LogP contribution in [-0.4, -0.2) is 18.0 Å². The maximum absolute atomic E-state index is 13.5. The van der Waals surface area contributed by atoms with Gasteiger partial charge in [-0.3, -0.25) is 4.79 Å². The van der Waals surface area contributed by atoms with Crippen molar-refractivity contribution in [1.82, 2.24) is 10.3 Å². The van der Waals surface area contributed by atoms with E-state index in [9.17, 15) is 9.18 Å². The molecule has 1 atom stereocenters. The fraction of sp³-hybridized carbons (Fsp3) is 0.200. The second-order valence-corrected chi connectivity index (χ2v) is 6.91. The lowest BCUT2D eigenvalue weighted by Crippen LogP contribution is -2.43. The summed E-state index contributed by atoms with van der Waals surface area (Å²) in [5.41, 5.74) is 1.55. The van der Waals surface area contributed by atoms with Crippen LogP contribution in [-0.2, 0) is 10.3 Å². The van der Waals surface area contributed by atoms with Crippen molar-refractivity contribution in [3.05, 3.63) is 70.3 Å². The lowest BCUT2D eigenvalue weighted by molar-refractivity contribution is -0.120. The van der Waals surface area contributed by atoms with Crippen molar-refractivity contribution in [3.63, 3.8) is 0 Å². The van der Waals surface area contributed by atoms with Crippen molar-refractivity contribution in [3.8, 4) is 17.0 Å². The SMILES string of the molecule is COc1cc(F)ccc1-c1csc(C(C)(NC(C)=O)c2ccccc2)n1. The second kappa shape index (κ2) is 7.25. The fourth-order valence-corrected chi connectivity index (χ4v) is 3.83. The van der Waals surface area contributed by atoms with Crippen LogP contribution < -0.4 is 10.1 Å². The molecule has 0 spiro atoms. The summed E-state index contributed by atoms with van der Waals surface area (Å²) >= 11 is 1.44. The monoisotopic (exact) mass is 370 g/mol. The maximum atomic E-state index is 13.5. The summed E-state index contributed by atoms with van der Waals surface area (Å²) in [4.78, 5) is 16.5. The molecule has 3 rings (SSSR count). The first-order valence-electron chi connectivity index (χ1n) is 8.08. The van der Waals surface area contributed by atoms with E-state index in [1.54, 1.807) is 6.07 Å². The van der Waals surface area contributed by atoms with Gasteiger partial charge in [-0.25, -0.2) is 9.37 Å². The summed E-state index contributed by atoms with van der Waals surface area (Å²) < 4.78 is 18.7. The molecule has 1 aromatic heterocycles. The van der Waals surface area contributed by atoms with Crippen LogP contribution in [0.3, 0.4) is 0 Å². The predicted molar refractivity (Wildman–Crippen MR) is 101 cm³/mol. The number of carbonyl (C=O) groups is 1. The Morgan fingerprint density at radius 2 is 1.96 bits per heavy atom. The van der Waals surface area contributed by atoms with Crippen LogP contribution in [0, 0.1) is 5.82 Å². The average molecular weight is 370 g/mol. The van der Waals surface area contributed by atoms with E-state index in [2.05, 4.69) is 5.32 Å². The van der Waals surface area contributed by atoms with Crippen LogP contribution in [0.1, 0.15) is 24.4 Å². The Morgan fingerprint density at radius 3 is 2.62 bits per heavy atom. The van der Waals surface area contributed by atoms with E-state index in [1.807, 2.05) is 42.6 Å². The highest BCUT2D eigenvalue weighted by molar-refractivity contribution is 7.10. The number of methoxy groups -OCH3 is 1. The Bertz CT molecular complexity index is 927. The van der Waals surface area contributed by atoms with E-state index in [4.69, 9.17) is 9.72 Å². The Hall–Kier alpha value is -2.73. The van der Waals surface area contributed by atoms with Crippen LogP contribution in [0.2, 0.25) is 0 Å². The van der Waals surface area contributed by atoms with Crippen LogP contribution >= 0.6 is 11.3 Å². The number of amides is 1. The normalized spacial score (nSPS) is 13.1. The van der Waals surface area contributed by atoms with Crippen LogP contribution in [0.15, 0.2) is 53.9 Å². The zero-order valence-electron chi connectivity index (χ0n) is 14.7. The van der Waals surface area contributed by atoms with E-state index in [0.29, 0.717) is 17.0 Å². The third-order valence-corrected chi connectivity index (χ3v) is 5.21. The number of thiazole rings is 1. The minimum atomic E-state index is -0.761. The molecule has 1 amide bonds. The summed E-state index contributed by atoms with van der Waals surface area (Å²) in [6.07, 6.45) is 0. The molecule has 0 saturated heterocycles. The molecule has 0 saturated carbocycles.